The van der Waals surface area contributed by atoms with Gasteiger partial charge in [-0.25, -0.2) is 4.79 Å². The average Bonchev–Trinajstić information content (AvgIpc) is 2.12. The first-order valence-electron chi connectivity index (χ1n) is 4.63. The van der Waals surface area contributed by atoms with Crippen molar-refractivity contribution in [3.63, 3.8) is 0 Å². The standard InChI is InChI=1S/C9H17NO4/c1-3-4-5-7(9(12)13)10-8(11)6-14-2/h7H,3-6H2,1-2H3,(H,10,11)(H,12,13)/t7-/m1/s1. The van der Waals surface area contributed by atoms with Gasteiger partial charge < -0.3 is 15.2 Å². The van der Waals surface area contributed by atoms with E-state index in [1.807, 2.05) is 6.92 Å². The molecule has 1 atom stereocenters. The third kappa shape index (κ3) is 5.53. The second kappa shape index (κ2) is 7.32. The largest absolute Gasteiger partial charge is 0.480 e. The fourth-order valence-electron chi connectivity index (χ4n) is 1.03. The maximum atomic E-state index is 11.0. The van der Waals surface area contributed by atoms with Crippen LogP contribution in [0, 0.1) is 0 Å². The molecule has 1 amide bonds. The van der Waals surface area contributed by atoms with E-state index < -0.39 is 17.9 Å². The molecule has 0 fully saturated rings. The van der Waals surface area contributed by atoms with Gasteiger partial charge in [0, 0.05) is 7.11 Å². The Balaban J connectivity index is 3.95. The maximum Gasteiger partial charge on any atom is 0.326 e. The predicted octanol–water partition coefficient (Wildman–Crippen LogP) is 0.392. The molecule has 0 aromatic rings. The van der Waals surface area contributed by atoms with Crippen LogP contribution in [0.5, 0.6) is 0 Å². The van der Waals surface area contributed by atoms with Crippen LogP contribution >= 0.6 is 0 Å². The number of unbranched alkanes of at least 4 members (excludes halogenated alkanes) is 1. The first-order chi connectivity index (χ1) is 6.61. The molecule has 0 aliphatic carbocycles. The van der Waals surface area contributed by atoms with E-state index >= 15 is 0 Å². The van der Waals surface area contributed by atoms with E-state index in [0.29, 0.717) is 6.42 Å². The van der Waals surface area contributed by atoms with Crippen molar-refractivity contribution in [2.75, 3.05) is 13.7 Å². The highest BCUT2D eigenvalue weighted by Gasteiger charge is 2.18. The summed E-state index contributed by atoms with van der Waals surface area (Å²) in [6.45, 7) is 1.87. The van der Waals surface area contributed by atoms with E-state index in [1.54, 1.807) is 0 Å². The number of nitrogens with one attached hydrogen (secondary N) is 1. The van der Waals surface area contributed by atoms with E-state index in [-0.39, 0.29) is 6.61 Å². The second-order valence-corrected chi connectivity index (χ2v) is 3.03. The molecular weight excluding hydrogens is 186 g/mol. The zero-order chi connectivity index (χ0) is 11.0. The zero-order valence-corrected chi connectivity index (χ0v) is 8.58. The van der Waals surface area contributed by atoms with Crippen molar-refractivity contribution in [3.8, 4) is 0 Å². The molecule has 0 radical (unpaired) electrons. The van der Waals surface area contributed by atoms with Crippen molar-refractivity contribution in [1.82, 2.24) is 5.32 Å². The van der Waals surface area contributed by atoms with Crippen LogP contribution in [0.1, 0.15) is 26.2 Å². The second-order valence-electron chi connectivity index (χ2n) is 3.03. The summed E-state index contributed by atoms with van der Waals surface area (Å²) < 4.78 is 4.58. The number of aliphatic carboxylic acids is 1. The number of methoxy groups -OCH3 is 1. The first-order valence-corrected chi connectivity index (χ1v) is 4.63. The fourth-order valence-corrected chi connectivity index (χ4v) is 1.03. The maximum absolute atomic E-state index is 11.0. The SMILES string of the molecule is CCCC[C@@H](NC(=O)COC)C(=O)O. The topological polar surface area (TPSA) is 75.6 Å². The van der Waals surface area contributed by atoms with Crippen molar-refractivity contribution in [2.24, 2.45) is 0 Å². The monoisotopic (exact) mass is 203 g/mol. The van der Waals surface area contributed by atoms with Gasteiger partial charge in [0.25, 0.3) is 0 Å². The van der Waals surface area contributed by atoms with Crippen molar-refractivity contribution >= 4 is 11.9 Å². The summed E-state index contributed by atoms with van der Waals surface area (Å²) in [4.78, 5) is 21.7. The summed E-state index contributed by atoms with van der Waals surface area (Å²) in [5.74, 6) is -1.39. The van der Waals surface area contributed by atoms with Crippen LogP contribution in [0.25, 0.3) is 0 Å². The van der Waals surface area contributed by atoms with Gasteiger partial charge in [0.1, 0.15) is 12.6 Å². The zero-order valence-electron chi connectivity index (χ0n) is 8.58. The predicted molar refractivity (Wildman–Crippen MR) is 51.0 cm³/mol. The molecule has 0 unspecified atom stereocenters. The van der Waals surface area contributed by atoms with Crippen LogP contribution in [0.3, 0.4) is 0 Å². The van der Waals surface area contributed by atoms with Crippen LogP contribution in [0.15, 0.2) is 0 Å². The molecular formula is C9H17NO4. The van der Waals surface area contributed by atoms with Crippen LogP contribution in [-0.2, 0) is 14.3 Å². The number of carboxylic acids is 1. The fraction of sp³-hybridized carbons (Fsp3) is 0.778. The number of hydrogen-bond acceptors (Lipinski definition) is 3. The molecule has 0 heterocycles. The van der Waals surface area contributed by atoms with E-state index in [0.717, 1.165) is 12.8 Å². The van der Waals surface area contributed by atoms with Gasteiger partial charge in [-0.2, -0.15) is 0 Å². The molecule has 0 aromatic carbocycles. The van der Waals surface area contributed by atoms with Crippen LogP contribution in [0.2, 0.25) is 0 Å². The number of carbonyl (C=O) groups excluding carboxylic acids is 1. The van der Waals surface area contributed by atoms with Crippen LogP contribution in [-0.4, -0.2) is 36.7 Å². The Bertz CT molecular complexity index is 193. The Morgan fingerprint density at radius 1 is 1.50 bits per heavy atom. The van der Waals surface area contributed by atoms with Gasteiger partial charge in [-0.3, -0.25) is 4.79 Å². The van der Waals surface area contributed by atoms with E-state index in [4.69, 9.17) is 5.11 Å². The van der Waals surface area contributed by atoms with Crippen LogP contribution in [0.4, 0.5) is 0 Å². The lowest BCUT2D eigenvalue weighted by molar-refractivity contribution is -0.142. The number of rotatable bonds is 7. The van der Waals surface area contributed by atoms with Gasteiger partial charge in [-0.15, -0.1) is 0 Å². The van der Waals surface area contributed by atoms with Crippen molar-refractivity contribution in [1.29, 1.82) is 0 Å². The molecule has 0 aliphatic heterocycles. The Morgan fingerprint density at radius 2 is 2.14 bits per heavy atom. The van der Waals surface area contributed by atoms with Gasteiger partial charge in [0.2, 0.25) is 5.91 Å². The lowest BCUT2D eigenvalue weighted by Crippen LogP contribution is -2.42. The summed E-state index contributed by atoms with van der Waals surface area (Å²) >= 11 is 0. The molecule has 5 nitrogen and oxygen atoms in total. The molecule has 5 heteroatoms. The Kier molecular flexibility index (Phi) is 6.74. The quantitative estimate of drug-likeness (QED) is 0.627. The molecule has 0 aromatic heterocycles. The smallest absolute Gasteiger partial charge is 0.326 e. The lowest BCUT2D eigenvalue weighted by atomic mass is 10.1. The van der Waals surface area contributed by atoms with Crippen molar-refractivity contribution in [3.05, 3.63) is 0 Å². The Morgan fingerprint density at radius 3 is 2.57 bits per heavy atom. The minimum absolute atomic E-state index is 0.101. The van der Waals surface area contributed by atoms with Crippen molar-refractivity contribution < 1.29 is 19.4 Å². The Hall–Kier alpha value is -1.10. The highest BCUT2D eigenvalue weighted by Crippen LogP contribution is 2.00. The van der Waals surface area contributed by atoms with E-state index in [9.17, 15) is 9.59 Å². The van der Waals surface area contributed by atoms with Gasteiger partial charge in [-0.1, -0.05) is 19.8 Å². The summed E-state index contributed by atoms with van der Waals surface area (Å²) in [6.07, 6.45) is 2.15. The third-order valence-electron chi connectivity index (χ3n) is 1.76. The number of carbonyl (C=O) groups is 2. The lowest BCUT2D eigenvalue weighted by Gasteiger charge is -2.13. The van der Waals surface area contributed by atoms with Crippen LogP contribution < -0.4 is 5.32 Å². The summed E-state index contributed by atoms with van der Waals surface area (Å²) in [5.41, 5.74) is 0. The Labute approximate surface area is 83.4 Å². The van der Waals surface area contributed by atoms with E-state index in [1.165, 1.54) is 7.11 Å². The van der Waals surface area contributed by atoms with Gasteiger partial charge in [-0.05, 0) is 6.42 Å². The number of amides is 1. The normalized spacial score (nSPS) is 12.1. The number of ether oxygens (including phenoxy) is 1. The summed E-state index contributed by atoms with van der Waals surface area (Å²) in [6, 6.07) is -0.794. The highest BCUT2D eigenvalue weighted by molar-refractivity contribution is 5.84. The molecule has 2 N–H and O–H groups in total. The molecule has 0 aliphatic rings. The molecule has 14 heavy (non-hydrogen) atoms. The summed E-state index contributed by atoms with van der Waals surface area (Å²) in [5, 5.41) is 11.2. The van der Waals surface area contributed by atoms with Gasteiger partial charge >= 0.3 is 5.97 Å². The molecule has 0 spiro atoms. The highest BCUT2D eigenvalue weighted by atomic mass is 16.5. The first kappa shape index (κ1) is 12.9. The third-order valence-corrected chi connectivity index (χ3v) is 1.76. The molecule has 0 rings (SSSR count). The summed E-state index contributed by atoms with van der Waals surface area (Å²) in [7, 11) is 1.39. The van der Waals surface area contributed by atoms with Gasteiger partial charge in [0.15, 0.2) is 0 Å². The van der Waals surface area contributed by atoms with Gasteiger partial charge in [0.05, 0.1) is 0 Å². The number of hydrogen-bond donors (Lipinski definition) is 2. The van der Waals surface area contributed by atoms with E-state index in [2.05, 4.69) is 10.1 Å². The van der Waals surface area contributed by atoms with Crippen molar-refractivity contribution in [2.45, 2.75) is 32.2 Å². The minimum atomic E-state index is -0.997. The average molecular weight is 203 g/mol. The molecule has 0 bridgehead atoms. The molecule has 0 saturated carbocycles. The molecule has 0 saturated heterocycles. The number of carboxylic acid groups (broad SMARTS) is 1. The molecule has 82 valence electrons. The minimum Gasteiger partial charge on any atom is -0.480 e.